The molecule has 90 valence electrons. The van der Waals surface area contributed by atoms with E-state index in [0.29, 0.717) is 19.3 Å². The summed E-state index contributed by atoms with van der Waals surface area (Å²) in [6.45, 7) is 3.05. The van der Waals surface area contributed by atoms with Crippen LogP contribution in [0.3, 0.4) is 0 Å². The zero-order valence-corrected chi connectivity index (χ0v) is 9.38. The molecule has 16 heavy (non-hydrogen) atoms. The first-order valence-corrected chi connectivity index (χ1v) is 4.76. The standard InChI is InChI=1S/C8H16N6O2/c1-3-16-5-14(4-15-2)8-12-6(9)11-7(10)13-8/h3-5H2,1-2H3,(H4,9,10,11,12,13). The number of nitrogen functional groups attached to an aromatic ring is 2. The van der Waals surface area contributed by atoms with Crippen molar-refractivity contribution in [3.8, 4) is 0 Å². The van der Waals surface area contributed by atoms with Gasteiger partial charge in [-0.2, -0.15) is 15.0 Å². The van der Waals surface area contributed by atoms with Gasteiger partial charge in [0.1, 0.15) is 13.5 Å². The fourth-order valence-corrected chi connectivity index (χ4v) is 1.05. The molecule has 8 nitrogen and oxygen atoms in total. The number of ether oxygens (including phenoxy) is 2. The number of aromatic nitrogens is 3. The second kappa shape index (κ2) is 6.03. The molecule has 0 amide bonds. The van der Waals surface area contributed by atoms with Crippen molar-refractivity contribution in [3.05, 3.63) is 0 Å². The topological polar surface area (TPSA) is 112 Å². The van der Waals surface area contributed by atoms with Gasteiger partial charge in [0.15, 0.2) is 0 Å². The van der Waals surface area contributed by atoms with Crippen LogP contribution in [0.25, 0.3) is 0 Å². The van der Waals surface area contributed by atoms with Gasteiger partial charge >= 0.3 is 0 Å². The van der Waals surface area contributed by atoms with Gasteiger partial charge in [0.25, 0.3) is 0 Å². The third kappa shape index (κ3) is 3.48. The van der Waals surface area contributed by atoms with E-state index >= 15 is 0 Å². The summed E-state index contributed by atoms with van der Waals surface area (Å²) in [4.78, 5) is 13.2. The predicted molar refractivity (Wildman–Crippen MR) is 59.5 cm³/mol. The molecule has 0 saturated heterocycles. The zero-order chi connectivity index (χ0) is 12.0. The molecular formula is C8H16N6O2. The molecular weight excluding hydrogens is 212 g/mol. The third-order valence-corrected chi connectivity index (χ3v) is 1.68. The Labute approximate surface area is 93.6 Å². The van der Waals surface area contributed by atoms with Gasteiger partial charge in [-0.1, -0.05) is 0 Å². The first-order chi connectivity index (χ1) is 7.67. The first-order valence-electron chi connectivity index (χ1n) is 4.76. The van der Waals surface area contributed by atoms with Crippen LogP contribution >= 0.6 is 0 Å². The van der Waals surface area contributed by atoms with Crippen molar-refractivity contribution in [2.75, 3.05) is 43.5 Å². The van der Waals surface area contributed by atoms with E-state index < -0.39 is 0 Å². The summed E-state index contributed by atoms with van der Waals surface area (Å²) < 4.78 is 10.2. The maximum Gasteiger partial charge on any atom is 0.235 e. The lowest BCUT2D eigenvalue weighted by Crippen LogP contribution is -2.30. The monoisotopic (exact) mass is 228 g/mol. The van der Waals surface area contributed by atoms with E-state index in [9.17, 15) is 0 Å². The molecule has 0 fully saturated rings. The number of hydrogen-bond donors (Lipinski definition) is 2. The van der Waals surface area contributed by atoms with Crippen LogP contribution in [0.2, 0.25) is 0 Å². The van der Waals surface area contributed by atoms with Crippen molar-refractivity contribution in [2.45, 2.75) is 6.92 Å². The molecule has 0 saturated carbocycles. The van der Waals surface area contributed by atoms with E-state index in [4.69, 9.17) is 20.9 Å². The molecule has 1 aromatic heterocycles. The zero-order valence-electron chi connectivity index (χ0n) is 9.38. The van der Waals surface area contributed by atoms with Gasteiger partial charge in [0.2, 0.25) is 17.8 Å². The minimum atomic E-state index is 0.0695. The Bertz CT molecular complexity index is 314. The molecule has 0 radical (unpaired) electrons. The van der Waals surface area contributed by atoms with Crippen LogP contribution in [-0.4, -0.2) is 42.1 Å². The highest BCUT2D eigenvalue weighted by atomic mass is 16.5. The van der Waals surface area contributed by atoms with Crippen LogP contribution < -0.4 is 16.4 Å². The fourth-order valence-electron chi connectivity index (χ4n) is 1.05. The summed E-state index contributed by atoms with van der Waals surface area (Å²) in [5.74, 6) is 0.473. The van der Waals surface area contributed by atoms with Crippen molar-refractivity contribution in [1.82, 2.24) is 15.0 Å². The lowest BCUT2D eigenvalue weighted by atomic mass is 10.7. The molecule has 0 aliphatic rings. The van der Waals surface area contributed by atoms with E-state index in [2.05, 4.69) is 15.0 Å². The molecule has 1 rings (SSSR count). The number of hydrogen-bond acceptors (Lipinski definition) is 8. The van der Waals surface area contributed by atoms with Gasteiger partial charge < -0.3 is 20.9 Å². The highest BCUT2D eigenvalue weighted by Crippen LogP contribution is 2.09. The highest BCUT2D eigenvalue weighted by Gasteiger charge is 2.11. The van der Waals surface area contributed by atoms with Crippen molar-refractivity contribution < 1.29 is 9.47 Å². The van der Waals surface area contributed by atoms with Gasteiger partial charge in [-0.05, 0) is 6.92 Å². The largest absolute Gasteiger partial charge is 0.368 e. The molecule has 0 aliphatic heterocycles. The van der Waals surface area contributed by atoms with Crippen LogP contribution in [0.5, 0.6) is 0 Å². The summed E-state index contributed by atoms with van der Waals surface area (Å²) >= 11 is 0. The Morgan fingerprint density at radius 1 is 1.12 bits per heavy atom. The van der Waals surface area contributed by atoms with Crippen LogP contribution in [-0.2, 0) is 9.47 Å². The molecule has 0 unspecified atom stereocenters. The highest BCUT2D eigenvalue weighted by molar-refractivity contribution is 5.38. The van der Waals surface area contributed by atoms with E-state index in [1.807, 2.05) is 6.92 Å². The van der Waals surface area contributed by atoms with E-state index in [0.717, 1.165) is 0 Å². The molecule has 0 aliphatic carbocycles. The second-order valence-corrected chi connectivity index (χ2v) is 2.93. The minimum Gasteiger partial charge on any atom is -0.368 e. The number of rotatable bonds is 6. The number of nitrogens with zero attached hydrogens (tertiary/aromatic N) is 4. The summed E-state index contributed by atoms with van der Waals surface area (Å²) in [6.07, 6.45) is 0. The molecule has 0 spiro atoms. The maximum atomic E-state index is 5.47. The van der Waals surface area contributed by atoms with Crippen molar-refractivity contribution in [3.63, 3.8) is 0 Å². The third-order valence-electron chi connectivity index (χ3n) is 1.68. The second-order valence-electron chi connectivity index (χ2n) is 2.93. The maximum absolute atomic E-state index is 5.47. The quantitative estimate of drug-likeness (QED) is 0.623. The van der Waals surface area contributed by atoms with Crippen molar-refractivity contribution >= 4 is 17.8 Å². The van der Waals surface area contributed by atoms with E-state index in [-0.39, 0.29) is 18.6 Å². The Hall–Kier alpha value is -1.67. The van der Waals surface area contributed by atoms with Crippen LogP contribution in [0.15, 0.2) is 0 Å². The molecule has 1 aromatic rings. The SMILES string of the molecule is CCOCN(COC)c1nc(N)nc(N)n1. The average Bonchev–Trinajstić information content (AvgIpc) is 2.22. The van der Waals surface area contributed by atoms with Crippen LogP contribution in [0.1, 0.15) is 6.92 Å². The van der Waals surface area contributed by atoms with E-state index in [1.165, 1.54) is 0 Å². The van der Waals surface area contributed by atoms with Gasteiger partial charge in [0.05, 0.1) is 0 Å². The summed E-state index contributed by atoms with van der Waals surface area (Å²) in [5.41, 5.74) is 10.9. The lowest BCUT2D eigenvalue weighted by molar-refractivity contribution is 0.112. The molecule has 0 bridgehead atoms. The normalized spacial score (nSPS) is 10.4. The van der Waals surface area contributed by atoms with Crippen LogP contribution in [0.4, 0.5) is 17.8 Å². The number of nitrogens with two attached hydrogens (primary N) is 2. The average molecular weight is 228 g/mol. The summed E-state index contributed by atoms with van der Waals surface area (Å²) in [5, 5.41) is 0. The molecule has 8 heteroatoms. The molecule has 0 atom stereocenters. The smallest absolute Gasteiger partial charge is 0.235 e. The molecule has 0 aromatic carbocycles. The minimum absolute atomic E-state index is 0.0695. The van der Waals surface area contributed by atoms with Gasteiger partial charge in [-0.25, -0.2) is 0 Å². The Morgan fingerprint density at radius 2 is 1.75 bits per heavy atom. The number of anilines is 3. The molecule has 4 N–H and O–H groups in total. The Kier molecular flexibility index (Phi) is 4.67. The Balaban J connectivity index is 2.82. The molecule has 1 heterocycles. The summed E-state index contributed by atoms with van der Waals surface area (Å²) in [6, 6.07) is 0. The first kappa shape index (κ1) is 12.4. The number of methoxy groups -OCH3 is 1. The van der Waals surface area contributed by atoms with Crippen LogP contribution in [0, 0.1) is 0 Å². The lowest BCUT2D eigenvalue weighted by Gasteiger charge is -2.20. The van der Waals surface area contributed by atoms with Crippen molar-refractivity contribution in [2.24, 2.45) is 0 Å². The fraction of sp³-hybridized carbons (Fsp3) is 0.625. The van der Waals surface area contributed by atoms with Crippen molar-refractivity contribution in [1.29, 1.82) is 0 Å². The summed E-state index contributed by atoms with van der Waals surface area (Å²) in [7, 11) is 1.56. The predicted octanol–water partition coefficient (Wildman–Crippen LogP) is -0.560. The van der Waals surface area contributed by atoms with Gasteiger partial charge in [-0.3, -0.25) is 4.90 Å². The Morgan fingerprint density at radius 3 is 2.25 bits per heavy atom. The van der Waals surface area contributed by atoms with Gasteiger partial charge in [0, 0.05) is 13.7 Å². The van der Waals surface area contributed by atoms with E-state index in [1.54, 1.807) is 12.0 Å². The van der Waals surface area contributed by atoms with Gasteiger partial charge in [-0.15, -0.1) is 0 Å².